The number of benzene rings is 1. The average Bonchev–Trinajstić information content (AvgIpc) is 2.38. The fourth-order valence-corrected chi connectivity index (χ4v) is 1.94. The van der Waals surface area contributed by atoms with Crippen molar-refractivity contribution in [2.45, 2.75) is 33.1 Å². The van der Waals surface area contributed by atoms with Crippen molar-refractivity contribution in [1.82, 2.24) is 0 Å². The van der Waals surface area contributed by atoms with E-state index < -0.39 is 11.4 Å². The molecule has 1 rings (SSSR count). The van der Waals surface area contributed by atoms with Crippen LogP contribution in [0.5, 0.6) is 5.75 Å². The van der Waals surface area contributed by atoms with E-state index in [2.05, 4.69) is 5.32 Å². The summed E-state index contributed by atoms with van der Waals surface area (Å²) >= 11 is 0. The van der Waals surface area contributed by atoms with E-state index >= 15 is 0 Å². The first-order chi connectivity index (χ1) is 8.93. The van der Waals surface area contributed by atoms with E-state index in [4.69, 9.17) is 5.11 Å². The van der Waals surface area contributed by atoms with Gasteiger partial charge >= 0.3 is 5.97 Å². The smallest absolute Gasteiger partial charge is 0.310 e. The van der Waals surface area contributed by atoms with Crippen LogP contribution in [-0.4, -0.2) is 22.1 Å². The van der Waals surface area contributed by atoms with Gasteiger partial charge in [-0.25, -0.2) is 0 Å². The second kappa shape index (κ2) is 6.22. The van der Waals surface area contributed by atoms with E-state index in [1.807, 2.05) is 0 Å². The summed E-state index contributed by atoms with van der Waals surface area (Å²) in [6, 6.07) is 6.04. The molecular weight excluding hydrogens is 246 g/mol. The molecule has 0 bridgehead atoms. The van der Waals surface area contributed by atoms with Gasteiger partial charge in [0, 0.05) is 12.1 Å². The molecule has 19 heavy (non-hydrogen) atoms. The molecule has 5 heteroatoms. The van der Waals surface area contributed by atoms with Crippen molar-refractivity contribution in [3.8, 4) is 5.75 Å². The predicted molar refractivity (Wildman–Crippen MR) is 72.0 cm³/mol. The normalized spacial score (nSPS) is 11.1. The number of hydrogen-bond donors (Lipinski definition) is 3. The highest BCUT2D eigenvalue weighted by molar-refractivity contribution is 5.94. The molecule has 0 aliphatic heterocycles. The number of carboxylic acids is 1. The monoisotopic (exact) mass is 265 g/mol. The molecule has 0 saturated carbocycles. The van der Waals surface area contributed by atoms with Gasteiger partial charge in [-0.05, 0) is 37.1 Å². The van der Waals surface area contributed by atoms with Gasteiger partial charge in [0.05, 0.1) is 5.41 Å². The van der Waals surface area contributed by atoms with Crippen molar-refractivity contribution in [2.24, 2.45) is 5.41 Å². The van der Waals surface area contributed by atoms with Gasteiger partial charge in [-0.3, -0.25) is 9.59 Å². The Kier molecular flexibility index (Phi) is 4.92. The zero-order valence-electron chi connectivity index (χ0n) is 11.1. The quantitative estimate of drug-likeness (QED) is 0.690. The molecule has 0 radical (unpaired) electrons. The Morgan fingerprint density at radius 2 is 1.68 bits per heavy atom. The summed E-state index contributed by atoms with van der Waals surface area (Å²) in [5.41, 5.74) is -0.477. The van der Waals surface area contributed by atoms with Crippen molar-refractivity contribution in [1.29, 1.82) is 0 Å². The second-order valence-electron chi connectivity index (χ2n) is 4.56. The Morgan fingerprint density at radius 1 is 1.16 bits per heavy atom. The van der Waals surface area contributed by atoms with Gasteiger partial charge < -0.3 is 15.5 Å². The minimum atomic E-state index is -1.01. The van der Waals surface area contributed by atoms with Crippen LogP contribution in [0, 0.1) is 5.41 Å². The topological polar surface area (TPSA) is 86.6 Å². The Balaban J connectivity index is 2.73. The lowest BCUT2D eigenvalue weighted by atomic mass is 9.79. The summed E-state index contributed by atoms with van der Waals surface area (Å²) in [7, 11) is 0. The summed E-state index contributed by atoms with van der Waals surface area (Å²) in [6.45, 7) is 3.54. The molecule has 0 unspecified atom stereocenters. The molecule has 3 N–H and O–H groups in total. The van der Waals surface area contributed by atoms with Crippen molar-refractivity contribution < 1.29 is 19.8 Å². The standard InChI is InChI=1S/C14H19NO4/c1-3-14(4-2,13(18)19)9-12(17)15-10-5-7-11(16)8-6-10/h5-8,16H,3-4,9H2,1-2H3,(H,15,17)(H,18,19). The molecular formula is C14H19NO4. The zero-order valence-corrected chi connectivity index (χ0v) is 11.1. The zero-order chi connectivity index (χ0) is 14.5. The fraction of sp³-hybridized carbons (Fsp3) is 0.429. The molecule has 0 atom stereocenters. The molecule has 0 saturated heterocycles. The predicted octanol–water partition coefficient (Wildman–Crippen LogP) is 2.61. The van der Waals surface area contributed by atoms with E-state index in [1.165, 1.54) is 12.1 Å². The number of anilines is 1. The van der Waals surface area contributed by atoms with Crippen molar-refractivity contribution in [2.75, 3.05) is 5.32 Å². The largest absolute Gasteiger partial charge is 0.508 e. The highest BCUT2D eigenvalue weighted by Crippen LogP contribution is 2.31. The van der Waals surface area contributed by atoms with Crippen LogP contribution in [-0.2, 0) is 9.59 Å². The summed E-state index contributed by atoms with van der Waals surface area (Å²) < 4.78 is 0. The van der Waals surface area contributed by atoms with Crippen LogP contribution in [0.2, 0.25) is 0 Å². The number of nitrogens with one attached hydrogen (secondary N) is 1. The third-order valence-electron chi connectivity index (χ3n) is 3.46. The fourth-order valence-electron chi connectivity index (χ4n) is 1.94. The molecule has 0 aliphatic carbocycles. The summed E-state index contributed by atoms with van der Waals surface area (Å²) in [5.74, 6) is -1.17. The van der Waals surface area contributed by atoms with Crippen LogP contribution < -0.4 is 5.32 Å². The Hall–Kier alpha value is -2.04. The van der Waals surface area contributed by atoms with E-state index in [0.29, 0.717) is 18.5 Å². The lowest BCUT2D eigenvalue weighted by molar-refractivity contribution is -0.151. The maximum absolute atomic E-state index is 11.9. The molecule has 5 nitrogen and oxygen atoms in total. The van der Waals surface area contributed by atoms with Crippen LogP contribution >= 0.6 is 0 Å². The molecule has 0 aromatic heterocycles. The minimum Gasteiger partial charge on any atom is -0.508 e. The van der Waals surface area contributed by atoms with Crippen LogP contribution in [0.15, 0.2) is 24.3 Å². The maximum atomic E-state index is 11.9. The summed E-state index contributed by atoms with van der Waals surface area (Å²) in [4.78, 5) is 23.2. The third kappa shape index (κ3) is 3.71. The molecule has 0 spiro atoms. The summed E-state index contributed by atoms with van der Waals surface area (Å²) in [6.07, 6.45) is 0.750. The van der Waals surface area contributed by atoms with E-state index in [-0.39, 0.29) is 18.1 Å². The Bertz CT molecular complexity index is 449. The van der Waals surface area contributed by atoms with Crippen LogP contribution in [0.25, 0.3) is 0 Å². The summed E-state index contributed by atoms with van der Waals surface area (Å²) in [5, 5.41) is 21.0. The number of phenolic OH excluding ortho intramolecular Hbond substituents is 1. The highest BCUT2D eigenvalue weighted by Gasteiger charge is 2.37. The van der Waals surface area contributed by atoms with Gasteiger partial charge in [0.1, 0.15) is 5.75 Å². The minimum absolute atomic E-state index is 0.0593. The van der Waals surface area contributed by atoms with Gasteiger partial charge in [-0.1, -0.05) is 13.8 Å². The first-order valence-electron chi connectivity index (χ1n) is 6.26. The van der Waals surface area contributed by atoms with Crippen molar-refractivity contribution in [3.63, 3.8) is 0 Å². The SMILES string of the molecule is CCC(CC)(CC(=O)Nc1ccc(O)cc1)C(=O)O. The number of amides is 1. The molecule has 1 amide bonds. The Morgan fingerprint density at radius 3 is 2.11 bits per heavy atom. The third-order valence-corrected chi connectivity index (χ3v) is 3.46. The number of carboxylic acid groups (broad SMARTS) is 1. The molecule has 1 aromatic rings. The number of rotatable bonds is 6. The van der Waals surface area contributed by atoms with Crippen LogP contribution in [0.4, 0.5) is 5.69 Å². The van der Waals surface area contributed by atoms with Gasteiger partial charge in [-0.2, -0.15) is 0 Å². The van der Waals surface area contributed by atoms with Crippen molar-refractivity contribution in [3.05, 3.63) is 24.3 Å². The highest BCUT2D eigenvalue weighted by atomic mass is 16.4. The van der Waals surface area contributed by atoms with Crippen LogP contribution in [0.1, 0.15) is 33.1 Å². The molecule has 0 fully saturated rings. The molecule has 0 aliphatic rings. The first-order valence-corrected chi connectivity index (χ1v) is 6.26. The first kappa shape index (κ1) is 15.0. The van der Waals surface area contributed by atoms with Gasteiger partial charge in [-0.15, -0.1) is 0 Å². The van der Waals surface area contributed by atoms with Crippen molar-refractivity contribution >= 4 is 17.6 Å². The second-order valence-corrected chi connectivity index (χ2v) is 4.56. The molecule has 0 heterocycles. The number of carbonyl (C=O) groups is 2. The lowest BCUT2D eigenvalue weighted by Crippen LogP contribution is -2.34. The van der Waals surface area contributed by atoms with E-state index in [9.17, 15) is 14.7 Å². The van der Waals surface area contributed by atoms with Gasteiger partial charge in [0.25, 0.3) is 0 Å². The van der Waals surface area contributed by atoms with Gasteiger partial charge in [0.15, 0.2) is 0 Å². The van der Waals surface area contributed by atoms with E-state index in [1.54, 1.807) is 26.0 Å². The molecule has 104 valence electrons. The maximum Gasteiger partial charge on any atom is 0.310 e. The van der Waals surface area contributed by atoms with Gasteiger partial charge in [0.2, 0.25) is 5.91 Å². The van der Waals surface area contributed by atoms with Crippen LogP contribution in [0.3, 0.4) is 0 Å². The number of carbonyl (C=O) groups excluding carboxylic acids is 1. The lowest BCUT2D eigenvalue weighted by Gasteiger charge is -2.25. The number of phenols is 1. The molecule has 1 aromatic carbocycles. The number of aliphatic carboxylic acids is 1. The number of hydrogen-bond acceptors (Lipinski definition) is 3. The Labute approximate surface area is 112 Å². The number of aromatic hydroxyl groups is 1. The average molecular weight is 265 g/mol. The van der Waals surface area contributed by atoms with E-state index in [0.717, 1.165) is 0 Å².